The minimum absolute atomic E-state index is 0.130. The molecule has 0 aromatic heterocycles. The van der Waals surface area contributed by atoms with Gasteiger partial charge in [0, 0.05) is 0 Å². The smallest absolute Gasteiger partial charge is 0.161 e. The number of aromatic hydroxyl groups is 1. The Balaban J connectivity index is 2.03. The average Bonchev–Trinajstić information content (AvgIpc) is 2.53. The third-order valence-electron chi connectivity index (χ3n) is 2.86. The summed E-state index contributed by atoms with van der Waals surface area (Å²) in [5.74, 6) is 0.583. The summed E-state index contributed by atoms with van der Waals surface area (Å²) < 4.78 is 5.07. The highest BCUT2D eigenvalue weighted by Crippen LogP contribution is 2.26. The third kappa shape index (κ3) is 4.38. The lowest BCUT2D eigenvalue weighted by atomic mass is 10.1. The first-order valence-electron chi connectivity index (χ1n) is 6.59. The molecule has 0 aliphatic heterocycles. The maximum atomic E-state index is 9.54. The minimum Gasteiger partial charge on any atom is -0.504 e. The van der Waals surface area contributed by atoms with Crippen molar-refractivity contribution in [2.75, 3.05) is 12.5 Å². The minimum atomic E-state index is 0.130. The monoisotopic (exact) mass is 282 g/mol. The van der Waals surface area contributed by atoms with Crippen LogP contribution in [0.1, 0.15) is 12.5 Å². The van der Waals surface area contributed by atoms with E-state index in [0.717, 1.165) is 17.0 Å². The number of methoxy groups -OCH3 is 1. The number of phenolic OH excluding ortho intramolecular Hbond substituents is 1. The van der Waals surface area contributed by atoms with Gasteiger partial charge in [0.2, 0.25) is 0 Å². The molecule has 0 saturated carbocycles. The summed E-state index contributed by atoms with van der Waals surface area (Å²) in [6.45, 7) is 1.91. The molecule has 0 spiro atoms. The fraction of sp³-hybridized carbons (Fsp3) is 0.118. The number of nitrogens with one attached hydrogen (secondary N) is 1. The van der Waals surface area contributed by atoms with Crippen LogP contribution in [0.25, 0.3) is 6.08 Å². The first-order valence-corrected chi connectivity index (χ1v) is 6.59. The zero-order valence-electron chi connectivity index (χ0n) is 12.1. The molecular formula is C17H18N2O2. The molecule has 0 heterocycles. The predicted molar refractivity (Wildman–Crippen MR) is 86.9 cm³/mol. The van der Waals surface area contributed by atoms with Crippen LogP contribution in [0.3, 0.4) is 0 Å². The van der Waals surface area contributed by atoms with Gasteiger partial charge in [-0.3, -0.25) is 5.43 Å². The second-order valence-corrected chi connectivity index (χ2v) is 4.50. The van der Waals surface area contributed by atoms with Gasteiger partial charge in [-0.2, -0.15) is 5.10 Å². The van der Waals surface area contributed by atoms with Crippen molar-refractivity contribution in [2.45, 2.75) is 6.92 Å². The molecule has 4 nitrogen and oxygen atoms in total. The topological polar surface area (TPSA) is 53.8 Å². The van der Waals surface area contributed by atoms with Crippen LogP contribution in [-0.2, 0) is 0 Å². The molecule has 0 amide bonds. The van der Waals surface area contributed by atoms with Crippen molar-refractivity contribution >= 4 is 17.5 Å². The Kier molecular flexibility index (Phi) is 4.99. The summed E-state index contributed by atoms with van der Waals surface area (Å²) in [7, 11) is 1.53. The molecule has 0 atom stereocenters. The van der Waals surface area contributed by atoms with Gasteiger partial charge in [0.05, 0.1) is 18.5 Å². The molecule has 0 saturated heterocycles. The van der Waals surface area contributed by atoms with E-state index in [1.165, 1.54) is 7.11 Å². The van der Waals surface area contributed by atoms with Gasteiger partial charge in [-0.25, -0.2) is 0 Å². The Hall–Kier alpha value is -2.75. The van der Waals surface area contributed by atoms with Crippen molar-refractivity contribution in [2.24, 2.45) is 5.10 Å². The number of allylic oxidation sites excluding steroid dienone is 1. The van der Waals surface area contributed by atoms with Crippen LogP contribution in [0.15, 0.2) is 59.7 Å². The van der Waals surface area contributed by atoms with Crippen LogP contribution < -0.4 is 10.2 Å². The number of nitrogens with zero attached hydrogens (tertiary/aromatic N) is 1. The Labute approximate surface area is 124 Å². The molecule has 2 rings (SSSR count). The molecular weight excluding hydrogens is 264 g/mol. The van der Waals surface area contributed by atoms with E-state index in [-0.39, 0.29) is 5.75 Å². The van der Waals surface area contributed by atoms with Gasteiger partial charge in [-0.05, 0) is 42.8 Å². The Morgan fingerprint density at radius 1 is 1.19 bits per heavy atom. The maximum Gasteiger partial charge on any atom is 0.161 e. The first kappa shape index (κ1) is 14.7. The van der Waals surface area contributed by atoms with Crippen LogP contribution in [-0.4, -0.2) is 17.9 Å². The van der Waals surface area contributed by atoms with E-state index in [0.29, 0.717) is 5.75 Å². The van der Waals surface area contributed by atoms with Gasteiger partial charge in [0.1, 0.15) is 0 Å². The normalized spacial score (nSPS) is 11.6. The number of hydrazone groups is 1. The van der Waals surface area contributed by atoms with Crippen molar-refractivity contribution in [1.29, 1.82) is 0 Å². The lowest BCUT2D eigenvalue weighted by Gasteiger charge is -2.03. The molecule has 0 bridgehead atoms. The van der Waals surface area contributed by atoms with Crippen LogP contribution in [0, 0.1) is 0 Å². The highest BCUT2D eigenvalue weighted by Gasteiger charge is 2.00. The van der Waals surface area contributed by atoms with E-state index in [1.807, 2.05) is 55.5 Å². The SMILES string of the molecule is COc1cc(/C=C/C(C)=N\Nc2ccccc2)ccc1O. The molecule has 108 valence electrons. The number of hydrogen-bond acceptors (Lipinski definition) is 4. The summed E-state index contributed by atoms with van der Waals surface area (Å²) in [6, 6.07) is 14.9. The molecule has 0 aliphatic rings. The molecule has 2 N–H and O–H groups in total. The zero-order chi connectivity index (χ0) is 15.1. The number of anilines is 1. The number of ether oxygens (including phenoxy) is 1. The summed E-state index contributed by atoms with van der Waals surface area (Å²) in [6.07, 6.45) is 3.80. The zero-order valence-corrected chi connectivity index (χ0v) is 12.1. The number of hydrogen-bond donors (Lipinski definition) is 2. The predicted octanol–water partition coefficient (Wildman–Crippen LogP) is 3.90. The summed E-state index contributed by atoms with van der Waals surface area (Å²) in [5.41, 5.74) is 5.69. The standard InChI is InChI=1S/C17H18N2O2/c1-13(18-19-15-6-4-3-5-7-15)8-9-14-10-11-16(20)17(12-14)21-2/h3-12,19-20H,1-2H3/b9-8+,18-13-. The number of phenols is 1. The second kappa shape index (κ2) is 7.14. The van der Waals surface area contributed by atoms with Crippen molar-refractivity contribution in [3.8, 4) is 11.5 Å². The summed E-state index contributed by atoms with van der Waals surface area (Å²) >= 11 is 0. The molecule has 0 radical (unpaired) electrons. The van der Waals surface area contributed by atoms with Crippen molar-refractivity contribution < 1.29 is 9.84 Å². The molecule has 0 unspecified atom stereocenters. The average molecular weight is 282 g/mol. The van der Waals surface area contributed by atoms with E-state index >= 15 is 0 Å². The molecule has 2 aromatic carbocycles. The van der Waals surface area contributed by atoms with E-state index in [4.69, 9.17) is 4.74 Å². The number of para-hydroxylation sites is 1. The fourth-order valence-electron chi connectivity index (χ4n) is 1.72. The lowest BCUT2D eigenvalue weighted by molar-refractivity contribution is 0.373. The number of rotatable bonds is 5. The van der Waals surface area contributed by atoms with Crippen molar-refractivity contribution in [1.82, 2.24) is 0 Å². The number of benzene rings is 2. The van der Waals surface area contributed by atoms with E-state index < -0.39 is 0 Å². The van der Waals surface area contributed by atoms with Gasteiger partial charge in [-0.15, -0.1) is 0 Å². The van der Waals surface area contributed by atoms with E-state index in [1.54, 1.807) is 12.1 Å². The highest BCUT2D eigenvalue weighted by molar-refractivity contribution is 5.96. The van der Waals surface area contributed by atoms with Crippen molar-refractivity contribution in [3.05, 3.63) is 60.2 Å². The van der Waals surface area contributed by atoms with Gasteiger partial charge in [0.25, 0.3) is 0 Å². The van der Waals surface area contributed by atoms with Gasteiger partial charge < -0.3 is 9.84 Å². The van der Waals surface area contributed by atoms with E-state index in [2.05, 4.69) is 10.5 Å². The molecule has 0 aliphatic carbocycles. The third-order valence-corrected chi connectivity index (χ3v) is 2.86. The molecule has 4 heteroatoms. The quantitative estimate of drug-likeness (QED) is 0.646. The van der Waals surface area contributed by atoms with Crippen molar-refractivity contribution in [3.63, 3.8) is 0 Å². The lowest BCUT2D eigenvalue weighted by Crippen LogP contribution is -1.93. The Morgan fingerprint density at radius 2 is 1.95 bits per heavy atom. The van der Waals surface area contributed by atoms with Crippen LogP contribution in [0.4, 0.5) is 5.69 Å². The Bertz CT molecular complexity index is 649. The van der Waals surface area contributed by atoms with Gasteiger partial charge in [0.15, 0.2) is 11.5 Å². The van der Waals surface area contributed by atoms with Crippen LogP contribution >= 0.6 is 0 Å². The second-order valence-electron chi connectivity index (χ2n) is 4.50. The largest absolute Gasteiger partial charge is 0.504 e. The van der Waals surface area contributed by atoms with Crippen LogP contribution in [0.2, 0.25) is 0 Å². The molecule has 0 fully saturated rings. The highest BCUT2D eigenvalue weighted by atomic mass is 16.5. The Morgan fingerprint density at radius 3 is 2.67 bits per heavy atom. The van der Waals surface area contributed by atoms with E-state index in [9.17, 15) is 5.11 Å². The summed E-state index contributed by atoms with van der Waals surface area (Å²) in [4.78, 5) is 0. The van der Waals surface area contributed by atoms with Crippen LogP contribution in [0.5, 0.6) is 11.5 Å². The van der Waals surface area contributed by atoms with Gasteiger partial charge >= 0.3 is 0 Å². The first-order chi connectivity index (χ1) is 10.2. The van der Waals surface area contributed by atoms with Gasteiger partial charge in [-0.1, -0.05) is 30.3 Å². The molecule has 2 aromatic rings. The molecule has 21 heavy (non-hydrogen) atoms. The fourth-order valence-corrected chi connectivity index (χ4v) is 1.72. The maximum absolute atomic E-state index is 9.54. The summed E-state index contributed by atoms with van der Waals surface area (Å²) in [5, 5.41) is 13.8.